The van der Waals surface area contributed by atoms with E-state index in [1.54, 1.807) is 25.3 Å². The SMILES string of the molecule is COCCCOCCOCC(=O)Nc1ccc(Cl)c(N)c1. The molecule has 0 spiro atoms. The molecule has 0 aromatic heterocycles. The molecule has 0 atom stereocenters. The van der Waals surface area contributed by atoms with Crippen LogP contribution < -0.4 is 11.1 Å². The van der Waals surface area contributed by atoms with Gasteiger partial charge in [-0.2, -0.15) is 0 Å². The second-order valence-electron chi connectivity index (χ2n) is 4.30. The van der Waals surface area contributed by atoms with Gasteiger partial charge < -0.3 is 25.3 Å². The maximum absolute atomic E-state index is 11.6. The average Bonchev–Trinajstić information content (AvgIpc) is 2.46. The van der Waals surface area contributed by atoms with Gasteiger partial charge in [0.25, 0.3) is 0 Å². The Bertz CT molecular complexity index is 443. The topological polar surface area (TPSA) is 82.8 Å². The third kappa shape index (κ3) is 7.87. The van der Waals surface area contributed by atoms with Gasteiger partial charge in [0.05, 0.1) is 23.9 Å². The summed E-state index contributed by atoms with van der Waals surface area (Å²) in [5.41, 5.74) is 6.65. The Kier molecular flexibility index (Phi) is 8.77. The van der Waals surface area contributed by atoms with Crippen molar-refractivity contribution in [2.45, 2.75) is 6.42 Å². The lowest BCUT2D eigenvalue weighted by atomic mass is 10.3. The fourth-order valence-corrected chi connectivity index (χ4v) is 1.63. The van der Waals surface area contributed by atoms with Gasteiger partial charge in [-0.05, 0) is 24.6 Å². The Labute approximate surface area is 129 Å². The van der Waals surface area contributed by atoms with Crippen molar-refractivity contribution in [3.63, 3.8) is 0 Å². The van der Waals surface area contributed by atoms with Gasteiger partial charge in [-0.25, -0.2) is 0 Å². The second-order valence-corrected chi connectivity index (χ2v) is 4.70. The smallest absolute Gasteiger partial charge is 0.250 e. The van der Waals surface area contributed by atoms with Gasteiger partial charge in [-0.3, -0.25) is 4.79 Å². The van der Waals surface area contributed by atoms with E-state index in [4.69, 9.17) is 31.5 Å². The van der Waals surface area contributed by atoms with Gasteiger partial charge in [0, 0.05) is 26.0 Å². The average molecular weight is 317 g/mol. The van der Waals surface area contributed by atoms with Crippen LogP contribution in [0, 0.1) is 0 Å². The van der Waals surface area contributed by atoms with E-state index in [-0.39, 0.29) is 12.5 Å². The minimum Gasteiger partial charge on any atom is -0.397 e. The van der Waals surface area contributed by atoms with Crippen LogP contribution in [0.2, 0.25) is 5.02 Å². The molecule has 6 nitrogen and oxygen atoms in total. The lowest BCUT2D eigenvalue weighted by molar-refractivity contribution is -0.121. The largest absolute Gasteiger partial charge is 0.397 e. The van der Waals surface area contributed by atoms with E-state index in [1.165, 1.54) is 0 Å². The van der Waals surface area contributed by atoms with Gasteiger partial charge in [0.2, 0.25) is 5.91 Å². The summed E-state index contributed by atoms with van der Waals surface area (Å²) in [7, 11) is 1.65. The molecule has 0 heterocycles. The molecule has 1 amide bonds. The Hall–Kier alpha value is -1.34. The number of hydrogen-bond acceptors (Lipinski definition) is 5. The molecule has 3 N–H and O–H groups in total. The van der Waals surface area contributed by atoms with Gasteiger partial charge in [0.1, 0.15) is 6.61 Å². The van der Waals surface area contributed by atoms with Crippen molar-refractivity contribution in [2.24, 2.45) is 0 Å². The minimum absolute atomic E-state index is 0.0377. The fourth-order valence-electron chi connectivity index (χ4n) is 1.51. The van der Waals surface area contributed by atoms with Crippen molar-refractivity contribution in [3.05, 3.63) is 23.2 Å². The Morgan fingerprint density at radius 3 is 2.71 bits per heavy atom. The number of ether oxygens (including phenoxy) is 3. The highest BCUT2D eigenvalue weighted by atomic mass is 35.5. The first kappa shape index (κ1) is 17.7. The summed E-state index contributed by atoms with van der Waals surface area (Å²) >= 11 is 5.80. The Balaban J connectivity index is 2.10. The summed E-state index contributed by atoms with van der Waals surface area (Å²) in [5, 5.41) is 3.12. The maximum atomic E-state index is 11.6. The summed E-state index contributed by atoms with van der Waals surface area (Å²) in [6.45, 7) is 2.07. The van der Waals surface area contributed by atoms with E-state index in [0.29, 0.717) is 42.8 Å². The zero-order valence-corrected chi connectivity index (χ0v) is 12.8. The van der Waals surface area contributed by atoms with Crippen molar-refractivity contribution >= 4 is 28.9 Å². The molecule has 1 aromatic rings. The molecule has 21 heavy (non-hydrogen) atoms. The van der Waals surface area contributed by atoms with E-state index >= 15 is 0 Å². The molecule has 0 unspecified atom stereocenters. The number of amides is 1. The number of hydrogen-bond donors (Lipinski definition) is 2. The maximum Gasteiger partial charge on any atom is 0.250 e. The highest BCUT2D eigenvalue weighted by molar-refractivity contribution is 6.33. The Morgan fingerprint density at radius 1 is 1.24 bits per heavy atom. The predicted molar refractivity (Wildman–Crippen MR) is 82.6 cm³/mol. The lowest BCUT2D eigenvalue weighted by Gasteiger charge is -2.08. The number of nitrogens with one attached hydrogen (secondary N) is 1. The van der Waals surface area contributed by atoms with Crippen molar-refractivity contribution in [2.75, 3.05) is 51.2 Å². The number of nitrogens with two attached hydrogens (primary N) is 1. The second kappa shape index (κ2) is 10.4. The van der Waals surface area contributed by atoms with Crippen molar-refractivity contribution < 1.29 is 19.0 Å². The van der Waals surface area contributed by atoms with Crippen LogP contribution in [0.15, 0.2) is 18.2 Å². The number of anilines is 2. The fraction of sp³-hybridized carbons (Fsp3) is 0.500. The minimum atomic E-state index is -0.254. The summed E-state index contributed by atoms with van der Waals surface area (Å²) < 4.78 is 15.4. The molecule has 1 rings (SSSR count). The number of nitrogen functional groups attached to an aromatic ring is 1. The third-order valence-corrected chi connectivity index (χ3v) is 2.87. The molecule has 0 radical (unpaired) electrons. The lowest BCUT2D eigenvalue weighted by Crippen LogP contribution is -2.20. The van der Waals surface area contributed by atoms with Gasteiger partial charge in [-0.15, -0.1) is 0 Å². The number of benzene rings is 1. The molecule has 0 aliphatic heterocycles. The first-order valence-corrected chi connectivity index (χ1v) is 7.00. The molecule has 1 aromatic carbocycles. The highest BCUT2D eigenvalue weighted by Gasteiger charge is 2.04. The monoisotopic (exact) mass is 316 g/mol. The Morgan fingerprint density at radius 2 is 2.00 bits per heavy atom. The standard InChI is InChI=1S/C14H21ClN2O4/c1-19-5-2-6-20-7-8-21-10-14(18)17-11-3-4-12(15)13(16)9-11/h3-4,9H,2,5-8,10,16H2,1H3,(H,17,18). The van der Waals surface area contributed by atoms with Gasteiger partial charge in [0.15, 0.2) is 0 Å². The van der Waals surface area contributed by atoms with E-state index in [2.05, 4.69) is 5.32 Å². The van der Waals surface area contributed by atoms with E-state index in [0.717, 1.165) is 6.42 Å². The van der Waals surface area contributed by atoms with Crippen molar-refractivity contribution in [3.8, 4) is 0 Å². The van der Waals surface area contributed by atoms with Crippen LogP contribution >= 0.6 is 11.6 Å². The van der Waals surface area contributed by atoms with Crippen LogP contribution in [0.4, 0.5) is 11.4 Å². The van der Waals surface area contributed by atoms with Crippen LogP contribution in [0.3, 0.4) is 0 Å². The van der Waals surface area contributed by atoms with Gasteiger partial charge in [-0.1, -0.05) is 11.6 Å². The van der Waals surface area contributed by atoms with Crippen LogP contribution in [0.25, 0.3) is 0 Å². The molecular weight excluding hydrogens is 296 g/mol. The van der Waals surface area contributed by atoms with Crippen LogP contribution in [-0.4, -0.2) is 46.1 Å². The normalized spacial score (nSPS) is 10.6. The molecule has 0 aliphatic carbocycles. The van der Waals surface area contributed by atoms with E-state index in [9.17, 15) is 4.79 Å². The number of halogens is 1. The molecule has 0 fully saturated rings. The van der Waals surface area contributed by atoms with Crippen LogP contribution in [-0.2, 0) is 19.0 Å². The summed E-state index contributed by atoms with van der Waals surface area (Å²) in [5.74, 6) is -0.254. The first-order valence-electron chi connectivity index (χ1n) is 6.62. The number of carbonyl (C=O) groups excluding carboxylic acids is 1. The molecule has 0 saturated heterocycles. The summed E-state index contributed by atoms with van der Waals surface area (Å²) in [4.78, 5) is 11.6. The van der Waals surface area contributed by atoms with Crippen molar-refractivity contribution in [1.82, 2.24) is 0 Å². The summed E-state index contributed by atoms with van der Waals surface area (Å²) in [6.07, 6.45) is 0.842. The number of carbonyl (C=O) groups is 1. The quantitative estimate of drug-likeness (QED) is 0.509. The van der Waals surface area contributed by atoms with E-state index in [1.807, 2.05) is 0 Å². The predicted octanol–water partition coefficient (Wildman–Crippen LogP) is 1.93. The van der Waals surface area contributed by atoms with E-state index < -0.39 is 0 Å². The number of methoxy groups -OCH3 is 1. The zero-order valence-electron chi connectivity index (χ0n) is 12.1. The van der Waals surface area contributed by atoms with Gasteiger partial charge >= 0.3 is 0 Å². The molecule has 118 valence electrons. The van der Waals surface area contributed by atoms with Crippen LogP contribution in [0.5, 0.6) is 0 Å². The zero-order chi connectivity index (χ0) is 15.5. The molecule has 0 saturated carbocycles. The first-order chi connectivity index (χ1) is 10.1. The summed E-state index contributed by atoms with van der Waals surface area (Å²) in [6, 6.07) is 4.90. The third-order valence-electron chi connectivity index (χ3n) is 2.52. The number of rotatable bonds is 10. The van der Waals surface area contributed by atoms with Crippen LogP contribution in [0.1, 0.15) is 6.42 Å². The molecule has 0 bridgehead atoms. The molecule has 7 heteroatoms. The molecule has 0 aliphatic rings. The molecular formula is C14H21ClN2O4. The van der Waals surface area contributed by atoms with Crippen molar-refractivity contribution in [1.29, 1.82) is 0 Å². The highest BCUT2D eigenvalue weighted by Crippen LogP contribution is 2.22.